The van der Waals surface area contributed by atoms with Crippen LogP contribution in [0.15, 0.2) is 48.8 Å². The number of likely N-dealkylation sites (tertiary alicyclic amines) is 2. The Morgan fingerprint density at radius 1 is 0.950 bits per heavy atom. The number of carbonyl (C=O) groups excluding carboxylic acids is 2. The molecule has 2 aromatic carbocycles. The fourth-order valence-electron chi connectivity index (χ4n) is 8.90. The lowest BCUT2D eigenvalue weighted by atomic mass is 10.0. The van der Waals surface area contributed by atoms with Crippen molar-refractivity contribution in [1.82, 2.24) is 39.6 Å². The average Bonchev–Trinajstić information content (AvgIpc) is 4.07. The first-order chi connectivity index (χ1) is 28.6. The number of nitrogens with one attached hydrogen (secondary N) is 3. The lowest BCUT2D eigenvalue weighted by Crippen LogP contribution is -2.53. The van der Waals surface area contributed by atoms with E-state index < -0.39 is 42.8 Å². The highest BCUT2D eigenvalue weighted by Crippen LogP contribution is 2.47. The monoisotopic (exact) mass is 827 g/mol. The number of aromatic amines is 2. The van der Waals surface area contributed by atoms with Crippen molar-refractivity contribution < 1.29 is 33.0 Å². The first kappa shape index (κ1) is 41.6. The zero-order chi connectivity index (χ0) is 42.7. The van der Waals surface area contributed by atoms with Crippen LogP contribution in [0.4, 0.5) is 8.78 Å². The zero-order valence-corrected chi connectivity index (χ0v) is 35.1. The maximum atomic E-state index is 16.5. The topological polar surface area (TPSA) is 180 Å². The molecule has 320 valence electrons. The molecule has 5 aromatic rings. The second kappa shape index (κ2) is 16.4. The van der Waals surface area contributed by atoms with E-state index >= 15 is 4.39 Å². The quantitative estimate of drug-likeness (QED) is 0.0871. The number of imidazole rings is 2. The Morgan fingerprint density at radius 3 is 2.32 bits per heavy atom. The van der Waals surface area contributed by atoms with Crippen LogP contribution in [-0.4, -0.2) is 96.1 Å². The molecule has 0 spiro atoms. The van der Waals surface area contributed by atoms with E-state index in [2.05, 4.69) is 39.1 Å². The summed E-state index contributed by atoms with van der Waals surface area (Å²) >= 11 is 0. The van der Waals surface area contributed by atoms with Crippen LogP contribution in [0.2, 0.25) is 0 Å². The SMILES string of the molecule is COC(O)N[C@H](C(=O)N1C[C@H](F)C[C@H]1c1ncc(-c2ccc3c(c2)cc2n3C(C(C)C)Oc3cc(-c4cnc([C@@H]5CCCN5C(=O)[C@@H](N)C(C)C)[nH]4)cc(F)c3-2)[nH]1)C(C)C. The smallest absolute Gasteiger partial charge is 0.240 e. The van der Waals surface area contributed by atoms with Crippen LogP contribution in [0, 0.1) is 23.6 Å². The second-order valence-corrected chi connectivity index (χ2v) is 17.4. The average molecular weight is 828 g/mol. The minimum Gasteiger partial charge on any atom is -0.469 e. The molecule has 16 heteroatoms. The molecule has 3 aliphatic rings. The number of hydrogen-bond acceptors (Lipinski definition) is 9. The van der Waals surface area contributed by atoms with Crippen molar-refractivity contribution in [3.8, 4) is 39.5 Å². The maximum absolute atomic E-state index is 16.5. The maximum Gasteiger partial charge on any atom is 0.240 e. The van der Waals surface area contributed by atoms with E-state index in [1.165, 1.54) is 18.1 Å². The number of alkyl halides is 1. The molecule has 2 unspecified atom stereocenters. The van der Waals surface area contributed by atoms with Crippen LogP contribution in [0.1, 0.15) is 90.8 Å². The Morgan fingerprint density at radius 2 is 1.65 bits per heavy atom. The van der Waals surface area contributed by atoms with Gasteiger partial charge in [-0.3, -0.25) is 14.9 Å². The van der Waals surface area contributed by atoms with Gasteiger partial charge in [-0.2, -0.15) is 0 Å². The van der Waals surface area contributed by atoms with Gasteiger partial charge in [-0.15, -0.1) is 0 Å². The van der Waals surface area contributed by atoms with Gasteiger partial charge in [0.05, 0.1) is 71.3 Å². The highest BCUT2D eigenvalue weighted by Gasteiger charge is 2.42. The number of benzene rings is 2. The molecule has 0 bridgehead atoms. The summed E-state index contributed by atoms with van der Waals surface area (Å²) in [4.78, 5) is 46.2. The largest absolute Gasteiger partial charge is 0.469 e. The van der Waals surface area contributed by atoms with Crippen molar-refractivity contribution in [2.24, 2.45) is 23.5 Å². The normalized spacial score (nSPS) is 21.8. The van der Waals surface area contributed by atoms with Crippen molar-refractivity contribution >= 4 is 22.7 Å². The number of aliphatic hydroxyl groups is 1. The predicted octanol–water partition coefficient (Wildman–Crippen LogP) is 6.57. The van der Waals surface area contributed by atoms with E-state index in [9.17, 15) is 19.1 Å². The van der Waals surface area contributed by atoms with Gasteiger partial charge >= 0.3 is 0 Å². The van der Waals surface area contributed by atoms with E-state index in [0.717, 1.165) is 29.3 Å². The van der Waals surface area contributed by atoms with Crippen molar-refractivity contribution in [2.45, 2.75) is 104 Å². The molecule has 0 radical (unpaired) electrons. The summed E-state index contributed by atoms with van der Waals surface area (Å²) in [6, 6.07) is 8.96. The van der Waals surface area contributed by atoms with Crippen LogP contribution in [0.5, 0.6) is 5.75 Å². The van der Waals surface area contributed by atoms with Gasteiger partial charge in [0, 0.05) is 42.5 Å². The minimum absolute atomic E-state index is 0.0100. The highest BCUT2D eigenvalue weighted by molar-refractivity contribution is 5.92. The number of nitrogens with zero attached hydrogens (tertiary/aromatic N) is 5. The number of halogens is 2. The standard InChI is InChI=1S/C44H55F2N9O5/c1-21(2)37(47)41(56)53-12-8-9-32(53)39-48-19-30(51-39)25-14-28(46)36-33-15-26-13-24(10-11-31(26)55(33)43(23(5)6)60-35(36)16-25)29-18-49-40(50-29)34-17-27(45)20-54(34)42(57)38(22(3)4)52-44(58)59-7/h10-11,13-16,18-19,21-23,27,32,34,37-38,43-44,52,58H,8-9,12,17,20,47H2,1-7H3,(H,48,51)(H,49,50)/t27-,32+,34+,37+,38+,43?,44?/m1/s1. The fourth-order valence-corrected chi connectivity index (χ4v) is 8.90. The van der Waals surface area contributed by atoms with Crippen LogP contribution in [0.3, 0.4) is 0 Å². The summed E-state index contributed by atoms with van der Waals surface area (Å²) in [5, 5.41) is 13.7. The summed E-state index contributed by atoms with van der Waals surface area (Å²) in [5.74, 6) is 0.457. The van der Waals surface area contributed by atoms with Gasteiger partial charge in [0.25, 0.3) is 0 Å². The molecule has 0 aliphatic carbocycles. The summed E-state index contributed by atoms with van der Waals surface area (Å²) < 4.78 is 45.0. The number of fused-ring (bicyclic) bond motifs is 5. The molecule has 6 heterocycles. The number of nitrogens with two attached hydrogens (primary N) is 1. The van der Waals surface area contributed by atoms with Gasteiger partial charge in [0.15, 0.2) is 6.23 Å². The van der Waals surface area contributed by atoms with Gasteiger partial charge in [0.1, 0.15) is 29.4 Å². The van der Waals surface area contributed by atoms with Gasteiger partial charge in [0.2, 0.25) is 18.2 Å². The highest BCUT2D eigenvalue weighted by atomic mass is 19.1. The summed E-state index contributed by atoms with van der Waals surface area (Å²) in [6.07, 6.45) is 2.01. The third kappa shape index (κ3) is 7.47. The lowest BCUT2D eigenvalue weighted by molar-refractivity contribution is -0.145. The van der Waals surface area contributed by atoms with Crippen molar-refractivity contribution in [2.75, 3.05) is 20.2 Å². The first-order valence-corrected chi connectivity index (χ1v) is 20.9. The van der Waals surface area contributed by atoms with Gasteiger partial charge in [-0.05, 0) is 55.0 Å². The van der Waals surface area contributed by atoms with E-state index in [1.807, 2.05) is 62.6 Å². The van der Waals surface area contributed by atoms with Crippen molar-refractivity contribution in [3.05, 3.63) is 66.3 Å². The Labute approximate surface area is 347 Å². The molecule has 3 aromatic heterocycles. The molecule has 0 saturated carbocycles. The van der Waals surface area contributed by atoms with Crippen LogP contribution in [0.25, 0.3) is 44.7 Å². The number of ether oxygens (including phenoxy) is 2. The Balaban J connectivity index is 1.08. The number of carbonyl (C=O) groups is 2. The molecular formula is C44H55F2N9O5. The summed E-state index contributed by atoms with van der Waals surface area (Å²) in [6.45, 7) is 12.2. The van der Waals surface area contributed by atoms with Gasteiger partial charge in [-0.1, -0.05) is 47.6 Å². The summed E-state index contributed by atoms with van der Waals surface area (Å²) in [5.41, 5.74) is 10.8. The Kier molecular flexibility index (Phi) is 11.3. The van der Waals surface area contributed by atoms with Gasteiger partial charge in [-0.25, -0.2) is 18.7 Å². The van der Waals surface area contributed by atoms with Crippen LogP contribution in [-0.2, 0) is 14.3 Å². The second-order valence-electron chi connectivity index (χ2n) is 17.4. The molecule has 60 heavy (non-hydrogen) atoms. The van der Waals surface area contributed by atoms with Crippen LogP contribution >= 0.6 is 0 Å². The van der Waals surface area contributed by atoms with E-state index in [0.29, 0.717) is 52.2 Å². The van der Waals surface area contributed by atoms with Gasteiger partial charge < -0.3 is 44.6 Å². The molecule has 2 fully saturated rings. The first-order valence-electron chi connectivity index (χ1n) is 20.9. The molecular weight excluding hydrogens is 773 g/mol. The zero-order valence-electron chi connectivity index (χ0n) is 35.1. The number of hydrogen-bond donors (Lipinski definition) is 5. The lowest BCUT2D eigenvalue weighted by Gasteiger charge is -2.32. The number of rotatable bonds is 12. The molecule has 8 rings (SSSR count). The molecule has 2 amide bonds. The molecule has 6 N–H and O–H groups in total. The predicted molar refractivity (Wildman–Crippen MR) is 222 cm³/mol. The number of amides is 2. The Bertz CT molecular complexity index is 2390. The summed E-state index contributed by atoms with van der Waals surface area (Å²) in [7, 11) is 1.32. The van der Waals surface area contributed by atoms with Crippen molar-refractivity contribution in [3.63, 3.8) is 0 Å². The number of H-pyrrole nitrogens is 2. The molecule has 3 aliphatic heterocycles. The molecule has 2 saturated heterocycles. The van der Waals surface area contributed by atoms with E-state index in [-0.39, 0.29) is 48.6 Å². The number of methoxy groups -OCH3 is 1. The van der Waals surface area contributed by atoms with Crippen LogP contribution < -0.4 is 15.8 Å². The third-order valence-electron chi connectivity index (χ3n) is 12.2. The molecule has 14 nitrogen and oxygen atoms in total. The number of aromatic nitrogens is 5. The number of aliphatic hydroxyl groups excluding tert-OH is 1. The van der Waals surface area contributed by atoms with Crippen molar-refractivity contribution in [1.29, 1.82) is 0 Å². The minimum atomic E-state index is -1.35. The molecule has 7 atom stereocenters. The van der Waals surface area contributed by atoms with E-state index in [4.69, 9.17) is 15.2 Å². The third-order valence-corrected chi connectivity index (χ3v) is 12.2. The Hall–Kier alpha value is -5.16. The fraction of sp³-hybridized carbons (Fsp3) is 0.500. The van der Waals surface area contributed by atoms with E-state index in [1.54, 1.807) is 17.3 Å².